The van der Waals surface area contributed by atoms with Crippen LogP contribution in [0, 0.1) is 17.8 Å². The average Bonchev–Trinajstić information content (AvgIpc) is 3.36. The second kappa shape index (κ2) is 33.5. The Morgan fingerprint density at radius 2 is 0.887 bits per heavy atom. The zero-order valence-corrected chi connectivity index (χ0v) is 52.1. The number of rotatable bonds is 10. The van der Waals surface area contributed by atoms with Crippen LogP contribution in [-0.4, -0.2) is 146 Å². The molecule has 3 saturated heterocycles. The van der Waals surface area contributed by atoms with Gasteiger partial charge in [-0.3, -0.25) is 14.4 Å². The Hall–Kier alpha value is -5.39. The van der Waals surface area contributed by atoms with Gasteiger partial charge in [0.05, 0.1) is 18.1 Å². The number of likely N-dealkylation sites (tertiary alicyclic amines) is 2. The number of carbonyl (C=O) groups excluding carboxylic acids is 5. The van der Waals surface area contributed by atoms with E-state index in [1.807, 2.05) is 102 Å². The van der Waals surface area contributed by atoms with Crippen LogP contribution in [0.3, 0.4) is 0 Å². The maximum atomic E-state index is 12.7. The number of nitrogens with zero attached hydrogens (tertiary/aromatic N) is 5. The molecule has 0 bridgehead atoms. The molecule has 3 aromatic rings. The normalized spacial score (nSPS) is 20.9. The molecule has 3 aliphatic rings. The number of amides is 5. The van der Waals surface area contributed by atoms with Crippen molar-refractivity contribution in [3.63, 3.8) is 0 Å². The number of carbonyl (C=O) groups is 5. The van der Waals surface area contributed by atoms with Gasteiger partial charge in [0.1, 0.15) is 23.3 Å². The van der Waals surface area contributed by atoms with E-state index in [1.165, 1.54) is 28.9 Å². The first-order chi connectivity index (χ1) is 36.3. The lowest BCUT2D eigenvalue weighted by atomic mass is 9.90. The van der Waals surface area contributed by atoms with Crippen LogP contribution in [0.25, 0.3) is 0 Å². The monoisotopic (exact) mass is 1180 g/mol. The first-order valence-electron chi connectivity index (χ1n) is 27.9. The topological polar surface area (TPSA) is 182 Å². The summed E-state index contributed by atoms with van der Waals surface area (Å²) in [5.41, 5.74) is 9.76. The largest absolute Gasteiger partial charge is 0.444 e. The van der Waals surface area contributed by atoms with E-state index < -0.39 is 11.2 Å². The zero-order chi connectivity index (χ0) is 58.8. The molecule has 0 unspecified atom stereocenters. The number of piperidine rings is 3. The lowest BCUT2D eigenvalue weighted by Gasteiger charge is -2.39. The van der Waals surface area contributed by atoms with Crippen molar-refractivity contribution in [3.8, 4) is 0 Å². The van der Waals surface area contributed by atoms with Crippen molar-refractivity contribution in [2.75, 3.05) is 72.6 Å². The fourth-order valence-corrected chi connectivity index (χ4v) is 9.69. The second-order valence-corrected chi connectivity index (χ2v) is 25.2. The molecule has 80 heavy (non-hydrogen) atoms. The summed E-state index contributed by atoms with van der Waals surface area (Å²) >= 11 is 3.46. The van der Waals surface area contributed by atoms with Gasteiger partial charge < -0.3 is 55.7 Å². The van der Waals surface area contributed by atoms with E-state index in [0.29, 0.717) is 24.4 Å². The number of benzene rings is 3. The molecule has 5 amide bonds. The molecule has 0 radical (unpaired) electrons. The van der Waals surface area contributed by atoms with Crippen LogP contribution in [-0.2, 0) is 23.9 Å². The number of hydrogen-bond acceptors (Lipinski definition) is 11. The molecular weight excluding hydrogens is 1070 g/mol. The Morgan fingerprint density at radius 1 is 0.550 bits per heavy atom. The molecule has 17 heteroatoms. The number of likely N-dealkylation sites (N-methyl/N-ethyl adjacent to an activating group) is 3. The van der Waals surface area contributed by atoms with Crippen molar-refractivity contribution in [3.05, 3.63) is 94.0 Å². The fourth-order valence-electron chi connectivity index (χ4n) is 9.43. The maximum Gasteiger partial charge on any atom is 0.410 e. The van der Waals surface area contributed by atoms with Gasteiger partial charge in [-0.1, -0.05) is 88.0 Å². The quantitative estimate of drug-likeness (QED) is 0.152. The highest BCUT2D eigenvalue weighted by atomic mass is 79.9. The summed E-state index contributed by atoms with van der Waals surface area (Å²) < 4.78 is 12.3. The van der Waals surface area contributed by atoms with E-state index in [9.17, 15) is 24.0 Å². The van der Waals surface area contributed by atoms with Gasteiger partial charge in [-0.05, 0) is 178 Å². The van der Waals surface area contributed by atoms with Gasteiger partial charge >= 0.3 is 12.2 Å². The fraction of sp³-hybridized carbons (Fsp3) is 0.635. The number of nitrogens with two attached hydrogens (primary N) is 1. The predicted molar refractivity (Wildman–Crippen MR) is 334 cm³/mol. The van der Waals surface area contributed by atoms with E-state index in [0.717, 1.165) is 66.1 Å². The molecule has 452 valence electrons. The summed E-state index contributed by atoms with van der Waals surface area (Å²) in [5.74, 6) is 1.83. The summed E-state index contributed by atoms with van der Waals surface area (Å²) in [7, 11) is 10.4. The highest BCUT2D eigenvalue weighted by Gasteiger charge is 2.35. The Balaban J connectivity index is 0.000000560. The van der Waals surface area contributed by atoms with Gasteiger partial charge in [0.25, 0.3) is 0 Å². The third-order valence-electron chi connectivity index (χ3n) is 13.6. The van der Waals surface area contributed by atoms with Gasteiger partial charge in [-0.2, -0.15) is 0 Å². The van der Waals surface area contributed by atoms with Crippen molar-refractivity contribution in [1.82, 2.24) is 29.8 Å². The molecule has 3 heterocycles. The highest BCUT2D eigenvalue weighted by molar-refractivity contribution is 9.10. The van der Waals surface area contributed by atoms with Crippen molar-refractivity contribution in [2.24, 2.45) is 23.5 Å². The van der Waals surface area contributed by atoms with Crippen LogP contribution >= 0.6 is 15.9 Å². The van der Waals surface area contributed by atoms with Crippen LogP contribution < -0.4 is 21.7 Å². The molecule has 0 spiro atoms. The molecule has 0 saturated carbocycles. The Kier molecular flexibility index (Phi) is 30.4. The van der Waals surface area contributed by atoms with Crippen molar-refractivity contribution < 1.29 is 33.4 Å². The second-order valence-electron chi connectivity index (χ2n) is 24.3. The molecule has 3 aliphatic heterocycles. The number of nitrogens with one attached hydrogen (secondary N) is 3. The summed E-state index contributed by atoms with van der Waals surface area (Å²) in [6.07, 6.45) is 6.15. The molecule has 3 fully saturated rings. The van der Waals surface area contributed by atoms with Crippen LogP contribution in [0.1, 0.15) is 171 Å². The molecule has 6 rings (SSSR count). The smallest absolute Gasteiger partial charge is 0.410 e. The van der Waals surface area contributed by atoms with E-state index in [2.05, 4.69) is 89.0 Å². The van der Waals surface area contributed by atoms with E-state index in [1.54, 1.807) is 59.0 Å². The van der Waals surface area contributed by atoms with E-state index in [4.69, 9.17) is 15.2 Å². The van der Waals surface area contributed by atoms with Crippen molar-refractivity contribution >= 4 is 57.2 Å². The average molecular weight is 1180 g/mol. The van der Waals surface area contributed by atoms with Crippen LogP contribution in [0.15, 0.2) is 77.3 Å². The Bertz CT molecular complexity index is 2320. The lowest BCUT2D eigenvalue weighted by Crippen LogP contribution is -2.44. The minimum absolute atomic E-state index is 0. The minimum Gasteiger partial charge on any atom is -0.444 e. The minimum atomic E-state index is -0.509. The molecule has 9 atom stereocenters. The molecular formula is C63H106BrN9O7. The van der Waals surface area contributed by atoms with Gasteiger partial charge in [0, 0.05) is 77.3 Å². The third kappa shape index (κ3) is 24.8. The molecule has 3 aromatic carbocycles. The lowest BCUT2D eigenvalue weighted by molar-refractivity contribution is -0.130. The zero-order valence-electron chi connectivity index (χ0n) is 50.5. The molecule has 16 nitrogen and oxygen atoms in total. The number of anilines is 2. The Labute approximate surface area is 492 Å². The first kappa shape index (κ1) is 72.6. The standard InChI is InChI=1S/C22H35N3O3.C17H24BrNO2.C17H27N3O.C5H12N2O.2CH4/c1-15-8-13-19(25(14-15)21(27)28-22(3,4)5)17-9-11-18(12-10-17)23-16(2)20(26)24(6)7;1-12-5-10-15(13-6-8-14(18)9-7-13)19(11-12)16(20)21-17(2,3)4;1-12-5-10-16(18-11-12)14-6-8-15(9-7-14)19-13(2)17(21)20(3)4;1-4(6)5(8)7(2)3;;/h9-12,15-16,19,23H,8,13-14H2,1-7H3;6-9,12,15H,5,10-11H2,1-4H3;6-9,12-13,16,18-19H,5,10-11H2,1-4H3;4H,6H2,1-3H3;2*1H4/t15-,16+,19-;12-,15+;12-,13-,16+;4-;;/m0010../s1. The number of hydrogen-bond donors (Lipinski definition) is 4. The van der Waals surface area contributed by atoms with Gasteiger partial charge in [0.15, 0.2) is 0 Å². The van der Waals surface area contributed by atoms with Crippen LogP contribution in [0.5, 0.6) is 0 Å². The van der Waals surface area contributed by atoms with E-state index in [-0.39, 0.29) is 75.0 Å². The summed E-state index contributed by atoms with van der Waals surface area (Å²) in [5, 5.41) is 10.1. The van der Waals surface area contributed by atoms with E-state index >= 15 is 0 Å². The van der Waals surface area contributed by atoms with Gasteiger partial charge in [0.2, 0.25) is 17.7 Å². The predicted octanol–water partition coefficient (Wildman–Crippen LogP) is 12.8. The first-order valence-corrected chi connectivity index (χ1v) is 28.7. The number of halogens is 1. The molecule has 5 N–H and O–H groups in total. The van der Waals surface area contributed by atoms with Crippen LogP contribution in [0.4, 0.5) is 21.0 Å². The van der Waals surface area contributed by atoms with Crippen molar-refractivity contribution in [1.29, 1.82) is 0 Å². The number of ether oxygens (including phenoxy) is 2. The van der Waals surface area contributed by atoms with Crippen molar-refractivity contribution in [2.45, 2.75) is 184 Å². The summed E-state index contributed by atoms with van der Waals surface area (Å²) in [6.45, 7) is 26.0. The SMILES string of the molecule is C.C.C[C@@H]1CC[C@@H](c2ccc(N[C@H](C)C(=O)N(C)C)cc2)NC1.C[C@H](N)C(=O)N(C)C.C[C@H]1CC[C@@H](c2ccc(N[C@H](C)C(=O)N(C)C)cc2)N(C(=O)OC(C)(C)C)C1.C[C@H]1CC[C@H](c2ccc(Br)cc2)N(C(=O)OC(C)(C)C)C1. The van der Waals surface area contributed by atoms with Gasteiger partial charge in [-0.25, -0.2) is 9.59 Å². The maximum absolute atomic E-state index is 12.7. The molecule has 0 aliphatic carbocycles. The van der Waals surface area contributed by atoms with Gasteiger partial charge in [-0.15, -0.1) is 0 Å². The summed E-state index contributed by atoms with van der Waals surface area (Å²) in [6, 6.07) is 24.4. The van der Waals surface area contributed by atoms with Crippen LogP contribution in [0.2, 0.25) is 0 Å². The third-order valence-corrected chi connectivity index (χ3v) is 14.2. The Morgan fingerprint density at radius 3 is 1.19 bits per heavy atom. The molecule has 0 aromatic heterocycles. The highest BCUT2D eigenvalue weighted by Crippen LogP contribution is 2.37. The summed E-state index contributed by atoms with van der Waals surface area (Å²) in [4.78, 5) is 68.2.